The minimum absolute atomic E-state index is 0.0471. The number of rotatable bonds is 5. The summed E-state index contributed by atoms with van der Waals surface area (Å²) in [6.45, 7) is 5.84. The lowest BCUT2D eigenvalue weighted by molar-refractivity contribution is 0.600. The molecule has 112 valence electrons. The molecule has 2 heterocycles. The molecule has 1 aliphatic rings. The van der Waals surface area contributed by atoms with E-state index in [9.17, 15) is 8.42 Å². The van der Waals surface area contributed by atoms with Crippen LogP contribution in [-0.4, -0.2) is 44.5 Å². The van der Waals surface area contributed by atoms with E-state index in [4.69, 9.17) is 0 Å². The predicted molar refractivity (Wildman–Crippen MR) is 81.8 cm³/mol. The lowest BCUT2D eigenvalue weighted by Gasteiger charge is -2.26. The molecule has 1 atom stereocenters. The molecule has 20 heavy (non-hydrogen) atoms. The van der Waals surface area contributed by atoms with E-state index in [0.29, 0.717) is 12.2 Å². The smallest absolute Gasteiger partial charge is 0.152 e. The zero-order valence-electron chi connectivity index (χ0n) is 12.4. The Balaban J connectivity index is 2.12. The van der Waals surface area contributed by atoms with Gasteiger partial charge in [-0.25, -0.2) is 13.4 Å². The average Bonchev–Trinajstić information content (AvgIpc) is 2.76. The highest BCUT2D eigenvalue weighted by atomic mass is 32.2. The van der Waals surface area contributed by atoms with Crippen molar-refractivity contribution in [3.05, 3.63) is 23.4 Å². The van der Waals surface area contributed by atoms with Crippen molar-refractivity contribution in [1.29, 1.82) is 0 Å². The van der Waals surface area contributed by atoms with Gasteiger partial charge in [0.15, 0.2) is 9.84 Å². The van der Waals surface area contributed by atoms with Crippen molar-refractivity contribution in [1.82, 2.24) is 10.3 Å². The van der Waals surface area contributed by atoms with E-state index in [1.807, 2.05) is 25.1 Å². The van der Waals surface area contributed by atoms with Crippen LogP contribution < -0.4 is 10.2 Å². The monoisotopic (exact) mass is 297 g/mol. The highest BCUT2D eigenvalue weighted by Gasteiger charge is 2.31. The Morgan fingerprint density at radius 2 is 2.25 bits per heavy atom. The van der Waals surface area contributed by atoms with Gasteiger partial charge in [-0.2, -0.15) is 0 Å². The molecule has 1 fully saturated rings. The van der Waals surface area contributed by atoms with E-state index in [1.165, 1.54) is 0 Å². The molecule has 5 nitrogen and oxygen atoms in total. The van der Waals surface area contributed by atoms with E-state index in [1.54, 1.807) is 0 Å². The molecule has 0 amide bonds. The highest BCUT2D eigenvalue weighted by molar-refractivity contribution is 7.91. The molecule has 1 saturated heterocycles. The van der Waals surface area contributed by atoms with Crippen molar-refractivity contribution in [2.45, 2.75) is 32.9 Å². The molecule has 1 aromatic heterocycles. The van der Waals surface area contributed by atoms with E-state index in [2.05, 4.69) is 23.3 Å². The standard InChI is InChI=1S/C14H23N3O2S/c1-4-15-8-12-7-11(2)14(16-9-12)17(3)13-5-6-20(18,19)10-13/h7,9,13,15H,4-6,8,10H2,1-3H3. The summed E-state index contributed by atoms with van der Waals surface area (Å²) in [4.78, 5) is 6.53. The number of anilines is 1. The summed E-state index contributed by atoms with van der Waals surface area (Å²) in [6.07, 6.45) is 2.56. The number of pyridine rings is 1. The summed E-state index contributed by atoms with van der Waals surface area (Å²) >= 11 is 0. The van der Waals surface area contributed by atoms with Gasteiger partial charge < -0.3 is 10.2 Å². The van der Waals surface area contributed by atoms with Crippen LogP contribution in [0.1, 0.15) is 24.5 Å². The fraction of sp³-hybridized carbons (Fsp3) is 0.643. The second-order valence-corrected chi connectivity index (χ2v) is 7.66. The van der Waals surface area contributed by atoms with E-state index >= 15 is 0 Å². The van der Waals surface area contributed by atoms with E-state index < -0.39 is 9.84 Å². The van der Waals surface area contributed by atoms with Gasteiger partial charge in [-0.15, -0.1) is 0 Å². The van der Waals surface area contributed by atoms with Crippen molar-refractivity contribution in [2.75, 3.05) is 30.0 Å². The van der Waals surface area contributed by atoms with Crippen LogP contribution >= 0.6 is 0 Å². The van der Waals surface area contributed by atoms with Gasteiger partial charge in [0.05, 0.1) is 11.5 Å². The third-order valence-electron chi connectivity index (χ3n) is 3.78. The zero-order chi connectivity index (χ0) is 14.8. The van der Waals surface area contributed by atoms with Crippen molar-refractivity contribution in [3.63, 3.8) is 0 Å². The minimum atomic E-state index is -2.86. The van der Waals surface area contributed by atoms with Crippen molar-refractivity contribution in [3.8, 4) is 0 Å². The Hall–Kier alpha value is -1.14. The SMILES string of the molecule is CCNCc1cnc(N(C)C2CCS(=O)(=O)C2)c(C)c1. The van der Waals surface area contributed by atoms with Crippen LogP contribution in [0.5, 0.6) is 0 Å². The van der Waals surface area contributed by atoms with Crippen LogP contribution in [0.2, 0.25) is 0 Å². The van der Waals surface area contributed by atoms with E-state index in [0.717, 1.165) is 30.0 Å². The van der Waals surface area contributed by atoms with Crippen molar-refractivity contribution >= 4 is 15.7 Å². The summed E-state index contributed by atoms with van der Waals surface area (Å²) in [7, 11) is -0.926. The molecule has 1 aromatic rings. The normalized spacial score (nSPS) is 21.1. The van der Waals surface area contributed by atoms with Crippen LogP contribution in [0.4, 0.5) is 5.82 Å². The van der Waals surface area contributed by atoms with Gasteiger partial charge in [0.2, 0.25) is 0 Å². The first-order valence-electron chi connectivity index (χ1n) is 7.02. The van der Waals surface area contributed by atoms with Crippen LogP contribution in [0, 0.1) is 6.92 Å². The maximum Gasteiger partial charge on any atom is 0.152 e. The number of hydrogen-bond acceptors (Lipinski definition) is 5. The quantitative estimate of drug-likeness (QED) is 0.882. The Morgan fingerprint density at radius 1 is 1.50 bits per heavy atom. The molecule has 2 rings (SSSR count). The topological polar surface area (TPSA) is 62.3 Å². The molecule has 0 saturated carbocycles. The fourth-order valence-corrected chi connectivity index (χ4v) is 4.39. The number of sulfone groups is 1. The van der Waals surface area contributed by atoms with Gasteiger partial charge in [0.25, 0.3) is 0 Å². The third kappa shape index (κ3) is 3.49. The second kappa shape index (κ2) is 6.10. The molecule has 6 heteroatoms. The van der Waals surface area contributed by atoms with Gasteiger partial charge in [-0.3, -0.25) is 0 Å². The Kier molecular flexibility index (Phi) is 4.65. The predicted octanol–water partition coefficient (Wildman–Crippen LogP) is 1.12. The number of nitrogens with zero attached hydrogens (tertiary/aromatic N) is 2. The average molecular weight is 297 g/mol. The lowest BCUT2D eigenvalue weighted by atomic mass is 10.1. The minimum Gasteiger partial charge on any atom is -0.355 e. The highest BCUT2D eigenvalue weighted by Crippen LogP contribution is 2.24. The molecule has 0 aromatic carbocycles. The first-order chi connectivity index (χ1) is 9.43. The molecular weight excluding hydrogens is 274 g/mol. The molecule has 0 aliphatic carbocycles. The third-order valence-corrected chi connectivity index (χ3v) is 5.53. The number of aromatic nitrogens is 1. The molecule has 1 unspecified atom stereocenters. The molecular formula is C14H23N3O2S. The Morgan fingerprint density at radius 3 is 2.80 bits per heavy atom. The summed E-state index contributed by atoms with van der Waals surface area (Å²) in [6, 6.07) is 2.16. The van der Waals surface area contributed by atoms with Crippen LogP contribution in [0.15, 0.2) is 12.3 Å². The summed E-state index contributed by atoms with van der Waals surface area (Å²) in [5, 5.41) is 3.27. The maximum absolute atomic E-state index is 11.6. The van der Waals surface area contributed by atoms with Gasteiger partial charge in [0.1, 0.15) is 5.82 Å². The van der Waals surface area contributed by atoms with Gasteiger partial charge >= 0.3 is 0 Å². The Labute approximate surface area is 121 Å². The molecule has 0 bridgehead atoms. The Bertz CT molecular complexity index is 572. The molecule has 1 aliphatic heterocycles. The van der Waals surface area contributed by atoms with Gasteiger partial charge in [0, 0.05) is 25.8 Å². The van der Waals surface area contributed by atoms with Crippen molar-refractivity contribution < 1.29 is 8.42 Å². The lowest BCUT2D eigenvalue weighted by Crippen LogP contribution is -2.33. The van der Waals surface area contributed by atoms with Crippen molar-refractivity contribution in [2.24, 2.45) is 0 Å². The largest absolute Gasteiger partial charge is 0.355 e. The fourth-order valence-electron chi connectivity index (χ4n) is 2.61. The van der Waals surface area contributed by atoms with Crippen LogP contribution in [-0.2, 0) is 16.4 Å². The molecule has 1 N–H and O–H groups in total. The summed E-state index contributed by atoms with van der Waals surface area (Å²) in [5.74, 6) is 1.41. The van der Waals surface area contributed by atoms with Crippen LogP contribution in [0.3, 0.4) is 0 Å². The van der Waals surface area contributed by atoms with Crippen LogP contribution in [0.25, 0.3) is 0 Å². The van der Waals surface area contributed by atoms with Gasteiger partial charge in [-0.1, -0.05) is 6.92 Å². The van der Waals surface area contributed by atoms with E-state index in [-0.39, 0.29) is 11.8 Å². The second-order valence-electron chi connectivity index (χ2n) is 5.43. The first kappa shape index (κ1) is 15.3. The molecule has 0 spiro atoms. The zero-order valence-corrected chi connectivity index (χ0v) is 13.2. The maximum atomic E-state index is 11.6. The van der Waals surface area contributed by atoms with Gasteiger partial charge in [-0.05, 0) is 37.1 Å². The number of nitrogens with one attached hydrogen (secondary N) is 1. The number of aryl methyl sites for hydroxylation is 1. The summed E-state index contributed by atoms with van der Waals surface area (Å²) < 4.78 is 23.2. The first-order valence-corrected chi connectivity index (χ1v) is 8.84. The summed E-state index contributed by atoms with van der Waals surface area (Å²) in [5.41, 5.74) is 2.24. The number of hydrogen-bond donors (Lipinski definition) is 1. The molecule has 0 radical (unpaired) electrons.